The Balaban J connectivity index is 2.40. The van der Waals surface area contributed by atoms with Crippen molar-refractivity contribution in [2.24, 2.45) is 0 Å². The number of carbonyl (C=O) groups excluding carboxylic acids is 3. The van der Waals surface area contributed by atoms with E-state index in [1.807, 2.05) is 27.7 Å². The van der Waals surface area contributed by atoms with E-state index in [9.17, 15) is 29.7 Å². The van der Waals surface area contributed by atoms with Crippen molar-refractivity contribution in [1.29, 1.82) is 0 Å². The Morgan fingerprint density at radius 2 is 1.75 bits per heavy atom. The minimum Gasteiger partial charge on any atom is -0.394 e. The molecule has 11 nitrogen and oxygen atoms in total. The number of aliphatic hydroxyl groups excluding tert-OH is 3. The number of aliphatic hydroxyl groups is 3. The molecule has 0 aromatic heterocycles. The maximum Gasteiger partial charge on any atom is 0.341 e. The lowest BCUT2D eigenvalue weighted by Gasteiger charge is -2.36. The molecule has 36 heavy (non-hydrogen) atoms. The summed E-state index contributed by atoms with van der Waals surface area (Å²) in [4.78, 5) is 34.7. The largest absolute Gasteiger partial charge is 0.394 e. The molecule has 0 bridgehead atoms. The van der Waals surface area contributed by atoms with Gasteiger partial charge in [0.25, 0.3) is 0 Å². The summed E-state index contributed by atoms with van der Waals surface area (Å²) in [5.74, 6) is -0.972. The fourth-order valence-corrected chi connectivity index (χ4v) is 3.68. The Hall–Kier alpha value is -1.89. The zero-order chi connectivity index (χ0) is 27.5. The zero-order valence-corrected chi connectivity index (χ0v) is 22.2. The highest BCUT2D eigenvalue weighted by Gasteiger charge is 2.37. The highest BCUT2D eigenvalue weighted by Crippen LogP contribution is 2.23. The van der Waals surface area contributed by atoms with Gasteiger partial charge in [-0.2, -0.15) is 0 Å². The zero-order valence-electron chi connectivity index (χ0n) is 22.2. The Morgan fingerprint density at radius 1 is 1.08 bits per heavy atom. The molecule has 0 saturated carbocycles. The summed E-state index contributed by atoms with van der Waals surface area (Å²) in [6, 6.07) is 0. The molecule has 4 atom stereocenters. The van der Waals surface area contributed by atoms with Crippen LogP contribution in [0.15, 0.2) is 11.1 Å². The molecule has 4 unspecified atom stereocenters. The first-order valence-electron chi connectivity index (χ1n) is 12.2. The average molecular weight is 518 g/mol. The van der Waals surface area contributed by atoms with Crippen LogP contribution in [0.3, 0.4) is 0 Å². The molecule has 1 fully saturated rings. The predicted octanol–water partition coefficient (Wildman–Crippen LogP) is 1.12. The number of ether oxygens (including phenoxy) is 4. The third-order valence-corrected chi connectivity index (χ3v) is 6.03. The van der Waals surface area contributed by atoms with E-state index in [0.29, 0.717) is 30.6 Å². The second-order valence-electron chi connectivity index (χ2n) is 10.5. The maximum absolute atomic E-state index is 12.4. The van der Waals surface area contributed by atoms with E-state index in [2.05, 4.69) is 10.1 Å². The van der Waals surface area contributed by atoms with Gasteiger partial charge in [0.05, 0.1) is 24.9 Å². The third-order valence-electron chi connectivity index (χ3n) is 6.03. The summed E-state index contributed by atoms with van der Waals surface area (Å²) in [5, 5.41) is 31.9. The number of hydrogen-bond acceptors (Lipinski definition) is 10. The number of hydrogen-bond donors (Lipinski definition) is 4. The molecule has 0 aromatic rings. The first-order chi connectivity index (χ1) is 16.7. The second-order valence-corrected chi connectivity index (χ2v) is 10.5. The number of nitrogens with one attached hydrogen (secondary N) is 1. The molecule has 1 aliphatic heterocycles. The smallest absolute Gasteiger partial charge is 0.341 e. The van der Waals surface area contributed by atoms with Crippen molar-refractivity contribution in [2.45, 2.75) is 109 Å². The normalized spacial score (nSPS) is 22.6. The summed E-state index contributed by atoms with van der Waals surface area (Å²) in [5.41, 5.74) is -0.0886. The van der Waals surface area contributed by atoms with Crippen molar-refractivity contribution in [3.05, 3.63) is 11.1 Å². The molecule has 208 valence electrons. The molecule has 1 saturated heterocycles. The van der Waals surface area contributed by atoms with E-state index in [4.69, 9.17) is 14.2 Å². The van der Waals surface area contributed by atoms with Crippen LogP contribution in [0.25, 0.3) is 0 Å². The predicted molar refractivity (Wildman–Crippen MR) is 130 cm³/mol. The molecule has 1 rings (SSSR count). The summed E-state index contributed by atoms with van der Waals surface area (Å²) >= 11 is 0. The Bertz CT molecular complexity index is 760. The van der Waals surface area contributed by atoms with E-state index in [-0.39, 0.29) is 38.2 Å². The van der Waals surface area contributed by atoms with Crippen LogP contribution in [0.2, 0.25) is 0 Å². The fourth-order valence-electron chi connectivity index (χ4n) is 3.68. The van der Waals surface area contributed by atoms with Crippen molar-refractivity contribution < 1.29 is 48.7 Å². The number of allylic oxidation sites excluding steroid dienone is 1. The highest BCUT2D eigenvalue weighted by atomic mass is 16.7. The van der Waals surface area contributed by atoms with Crippen molar-refractivity contribution in [3.8, 4) is 0 Å². The van der Waals surface area contributed by atoms with Crippen LogP contribution in [0.1, 0.15) is 73.6 Å². The van der Waals surface area contributed by atoms with E-state index in [1.165, 1.54) is 0 Å². The van der Waals surface area contributed by atoms with Crippen LogP contribution in [0.4, 0.5) is 0 Å². The lowest BCUT2D eigenvalue weighted by molar-refractivity contribution is -0.259. The van der Waals surface area contributed by atoms with Crippen LogP contribution < -0.4 is 5.32 Å². The van der Waals surface area contributed by atoms with E-state index >= 15 is 0 Å². The summed E-state index contributed by atoms with van der Waals surface area (Å²) in [7, 11) is 0. The Kier molecular flexibility index (Phi) is 13.2. The first kappa shape index (κ1) is 32.1. The standard InChI is InChI=1S/C25H43NO10/c1-16(2)17(23(32)34-15-28)7-8-20(30)26-24(3,4)9-12-35-25(5,6)10-11-33-21-13-18(29)22(31)19(14-27)36-21/h15,18-19,21-22,27,29,31H,7-14H2,1-6H3,(H,26,30). The van der Waals surface area contributed by atoms with Crippen LogP contribution in [0.5, 0.6) is 0 Å². The van der Waals surface area contributed by atoms with Gasteiger partial charge in [-0.25, -0.2) is 4.79 Å². The quantitative estimate of drug-likeness (QED) is 0.107. The van der Waals surface area contributed by atoms with Crippen molar-refractivity contribution in [3.63, 3.8) is 0 Å². The Morgan fingerprint density at radius 3 is 2.33 bits per heavy atom. The molecule has 0 aliphatic carbocycles. The van der Waals surface area contributed by atoms with Gasteiger partial charge < -0.3 is 39.6 Å². The number of amides is 1. The van der Waals surface area contributed by atoms with E-state index in [1.54, 1.807) is 13.8 Å². The maximum atomic E-state index is 12.4. The van der Waals surface area contributed by atoms with Gasteiger partial charge in [-0.15, -0.1) is 0 Å². The van der Waals surface area contributed by atoms with Crippen LogP contribution in [-0.2, 0) is 33.3 Å². The first-order valence-corrected chi connectivity index (χ1v) is 12.2. The molecular formula is C25H43NO10. The van der Waals surface area contributed by atoms with E-state index < -0.39 is 48.3 Å². The number of carbonyl (C=O) groups is 3. The molecule has 11 heteroatoms. The van der Waals surface area contributed by atoms with Gasteiger partial charge in [0, 0.05) is 30.6 Å². The van der Waals surface area contributed by atoms with E-state index in [0.717, 1.165) is 0 Å². The van der Waals surface area contributed by atoms with Gasteiger partial charge in [-0.05, 0) is 60.8 Å². The molecule has 0 aromatic carbocycles. The lowest BCUT2D eigenvalue weighted by atomic mass is 9.99. The monoisotopic (exact) mass is 517 g/mol. The van der Waals surface area contributed by atoms with Gasteiger partial charge in [-0.3, -0.25) is 9.59 Å². The van der Waals surface area contributed by atoms with Gasteiger partial charge in [-0.1, -0.05) is 5.57 Å². The van der Waals surface area contributed by atoms with Crippen molar-refractivity contribution >= 4 is 18.3 Å². The lowest BCUT2D eigenvalue weighted by Crippen LogP contribution is -2.50. The summed E-state index contributed by atoms with van der Waals surface area (Å²) in [6.07, 6.45) is -2.36. The highest BCUT2D eigenvalue weighted by molar-refractivity contribution is 5.93. The third kappa shape index (κ3) is 11.4. The number of rotatable bonds is 15. The summed E-state index contributed by atoms with van der Waals surface area (Å²) < 4.78 is 21.5. The van der Waals surface area contributed by atoms with Crippen LogP contribution in [-0.4, -0.2) is 89.2 Å². The molecule has 1 aliphatic rings. The fraction of sp³-hybridized carbons (Fsp3) is 0.800. The van der Waals surface area contributed by atoms with Gasteiger partial charge >= 0.3 is 12.4 Å². The van der Waals surface area contributed by atoms with Crippen molar-refractivity contribution in [1.82, 2.24) is 5.32 Å². The topological polar surface area (TPSA) is 161 Å². The Labute approximate surface area is 213 Å². The minimum atomic E-state index is -1.15. The van der Waals surface area contributed by atoms with Gasteiger partial charge in [0.1, 0.15) is 12.2 Å². The second kappa shape index (κ2) is 14.7. The molecule has 0 spiro atoms. The van der Waals surface area contributed by atoms with Crippen LogP contribution >= 0.6 is 0 Å². The average Bonchev–Trinajstić information content (AvgIpc) is 2.75. The van der Waals surface area contributed by atoms with Gasteiger partial charge in [0.15, 0.2) is 6.29 Å². The summed E-state index contributed by atoms with van der Waals surface area (Å²) in [6.45, 7) is 11.4. The molecule has 1 heterocycles. The minimum absolute atomic E-state index is 0.0771. The molecule has 0 radical (unpaired) electrons. The van der Waals surface area contributed by atoms with Crippen molar-refractivity contribution in [2.75, 3.05) is 19.8 Å². The molecule has 4 N–H and O–H groups in total. The van der Waals surface area contributed by atoms with Gasteiger partial charge in [0.2, 0.25) is 5.91 Å². The van der Waals surface area contributed by atoms with Crippen LogP contribution in [0, 0.1) is 0 Å². The SMILES string of the molecule is CC(C)=C(CCC(=O)NC(C)(C)CCOC(C)(C)CCOC1CC(O)C(O)C(CO)O1)C(=O)OC=O. The molecule has 1 amide bonds. The number of esters is 1. The molecular weight excluding hydrogens is 474 g/mol.